The van der Waals surface area contributed by atoms with Crippen molar-refractivity contribution in [2.75, 3.05) is 0 Å². The number of nitrogens with zero attached hydrogens (tertiary/aromatic N) is 1. The van der Waals surface area contributed by atoms with E-state index in [0.717, 1.165) is 23.2 Å². The van der Waals surface area contributed by atoms with Gasteiger partial charge in [-0.15, -0.1) is 11.3 Å². The highest BCUT2D eigenvalue weighted by Gasteiger charge is 2.24. The van der Waals surface area contributed by atoms with Crippen molar-refractivity contribution >= 4 is 11.3 Å². The first-order chi connectivity index (χ1) is 7.15. The highest BCUT2D eigenvalue weighted by Crippen LogP contribution is 2.26. The first kappa shape index (κ1) is 11.0. The van der Waals surface area contributed by atoms with Crippen LogP contribution in [0.15, 0.2) is 5.38 Å². The first-order valence-electron chi connectivity index (χ1n) is 5.58. The Morgan fingerprint density at radius 1 is 1.67 bits per heavy atom. The van der Waals surface area contributed by atoms with Gasteiger partial charge in [-0.3, -0.25) is 0 Å². The van der Waals surface area contributed by atoms with E-state index in [9.17, 15) is 0 Å². The number of rotatable bonds is 4. The lowest BCUT2D eigenvalue weighted by Crippen LogP contribution is -2.39. The molecule has 3 nitrogen and oxygen atoms in total. The van der Waals surface area contributed by atoms with Gasteiger partial charge < -0.3 is 11.1 Å². The highest BCUT2D eigenvalue weighted by molar-refractivity contribution is 7.09. The number of nitrogens with two attached hydrogens (primary N) is 1. The minimum Gasteiger partial charge on any atom is -0.322 e. The molecule has 84 valence electrons. The van der Waals surface area contributed by atoms with E-state index in [1.54, 1.807) is 11.3 Å². The smallest absolute Gasteiger partial charge is 0.109 e. The van der Waals surface area contributed by atoms with Gasteiger partial charge in [-0.1, -0.05) is 6.92 Å². The van der Waals surface area contributed by atoms with Crippen molar-refractivity contribution in [3.63, 3.8) is 0 Å². The van der Waals surface area contributed by atoms with Gasteiger partial charge in [0.15, 0.2) is 0 Å². The van der Waals surface area contributed by atoms with Crippen LogP contribution in [0.5, 0.6) is 0 Å². The average molecular weight is 225 g/mol. The molecule has 1 aliphatic rings. The maximum absolute atomic E-state index is 5.77. The quantitative estimate of drug-likeness (QED) is 0.824. The second-order valence-corrected chi connectivity index (χ2v) is 5.51. The lowest BCUT2D eigenvalue weighted by Gasteiger charge is -2.33. The maximum atomic E-state index is 5.77. The van der Waals surface area contributed by atoms with Gasteiger partial charge >= 0.3 is 0 Å². The average Bonchev–Trinajstić information content (AvgIpc) is 2.59. The Morgan fingerprint density at radius 3 is 2.93 bits per heavy atom. The van der Waals surface area contributed by atoms with Gasteiger partial charge in [0.05, 0.1) is 11.7 Å². The van der Waals surface area contributed by atoms with Crippen LogP contribution in [0.4, 0.5) is 0 Å². The lowest BCUT2D eigenvalue weighted by molar-refractivity contribution is 0.240. The van der Waals surface area contributed by atoms with Crippen LogP contribution in [0.2, 0.25) is 0 Å². The van der Waals surface area contributed by atoms with Crippen LogP contribution in [0.1, 0.15) is 43.4 Å². The van der Waals surface area contributed by atoms with Gasteiger partial charge in [0.2, 0.25) is 0 Å². The Bertz CT molecular complexity index is 315. The van der Waals surface area contributed by atoms with Gasteiger partial charge in [0, 0.05) is 18.0 Å². The Labute approximate surface area is 95.1 Å². The van der Waals surface area contributed by atoms with Crippen LogP contribution in [0, 0.1) is 5.92 Å². The normalized spacial score (nSPS) is 27.4. The predicted molar refractivity (Wildman–Crippen MR) is 63.7 cm³/mol. The molecule has 1 aliphatic carbocycles. The molecule has 0 aliphatic heterocycles. The molecule has 1 aromatic rings. The molecule has 15 heavy (non-hydrogen) atoms. The van der Waals surface area contributed by atoms with Crippen LogP contribution in [-0.4, -0.2) is 11.0 Å². The summed E-state index contributed by atoms with van der Waals surface area (Å²) in [6.45, 7) is 5.17. The molecule has 0 bridgehead atoms. The molecule has 0 amide bonds. The van der Waals surface area contributed by atoms with E-state index >= 15 is 0 Å². The van der Waals surface area contributed by atoms with E-state index in [1.807, 2.05) is 6.92 Å². The molecule has 1 atom stereocenters. The van der Waals surface area contributed by atoms with Crippen LogP contribution in [0.3, 0.4) is 0 Å². The third-order valence-electron chi connectivity index (χ3n) is 2.90. The molecule has 0 radical (unpaired) electrons. The van der Waals surface area contributed by atoms with Crippen molar-refractivity contribution in [2.45, 2.75) is 45.3 Å². The zero-order chi connectivity index (χ0) is 10.8. The van der Waals surface area contributed by atoms with Gasteiger partial charge in [-0.05, 0) is 25.7 Å². The van der Waals surface area contributed by atoms with E-state index in [-0.39, 0.29) is 6.04 Å². The van der Waals surface area contributed by atoms with Gasteiger partial charge in [0.1, 0.15) is 5.01 Å². The SMILES string of the molecule is CC1CC(NCc2csc(C(C)N)n2)C1. The number of hydrogen-bond acceptors (Lipinski definition) is 4. The fraction of sp³-hybridized carbons (Fsp3) is 0.727. The second-order valence-electron chi connectivity index (χ2n) is 4.62. The van der Waals surface area contributed by atoms with Crippen LogP contribution < -0.4 is 11.1 Å². The third kappa shape index (κ3) is 2.77. The summed E-state index contributed by atoms with van der Waals surface area (Å²) in [6.07, 6.45) is 2.62. The summed E-state index contributed by atoms with van der Waals surface area (Å²) in [7, 11) is 0. The van der Waals surface area contributed by atoms with Gasteiger partial charge in [-0.2, -0.15) is 0 Å². The topological polar surface area (TPSA) is 50.9 Å². The Morgan fingerprint density at radius 2 is 2.40 bits per heavy atom. The minimum absolute atomic E-state index is 0.0625. The molecule has 1 fully saturated rings. The van der Waals surface area contributed by atoms with E-state index in [2.05, 4.69) is 22.6 Å². The predicted octanol–water partition coefficient (Wildman–Crippen LogP) is 2.05. The zero-order valence-electron chi connectivity index (χ0n) is 9.36. The molecular weight excluding hydrogens is 206 g/mol. The summed E-state index contributed by atoms with van der Waals surface area (Å²) < 4.78 is 0. The van der Waals surface area contributed by atoms with Crippen molar-refractivity contribution in [2.24, 2.45) is 11.7 Å². The van der Waals surface area contributed by atoms with Crippen LogP contribution in [-0.2, 0) is 6.54 Å². The summed E-state index contributed by atoms with van der Waals surface area (Å²) in [4.78, 5) is 4.49. The minimum atomic E-state index is 0.0625. The monoisotopic (exact) mass is 225 g/mol. The van der Waals surface area contributed by atoms with E-state index in [0.29, 0.717) is 6.04 Å². The van der Waals surface area contributed by atoms with E-state index in [1.165, 1.54) is 12.8 Å². The molecule has 0 saturated heterocycles. The molecule has 1 heterocycles. The molecule has 0 spiro atoms. The number of thiazole rings is 1. The fourth-order valence-corrected chi connectivity index (χ4v) is 2.71. The molecule has 1 unspecified atom stereocenters. The molecule has 2 rings (SSSR count). The van der Waals surface area contributed by atoms with Crippen molar-refractivity contribution in [3.8, 4) is 0 Å². The van der Waals surface area contributed by atoms with Crippen molar-refractivity contribution in [1.82, 2.24) is 10.3 Å². The van der Waals surface area contributed by atoms with Crippen LogP contribution in [0.25, 0.3) is 0 Å². The second kappa shape index (κ2) is 4.60. The highest BCUT2D eigenvalue weighted by atomic mass is 32.1. The molecule has 1 saturated carbocycles. The standard InChI is InChI=1S/C11H19N3S/c1-7-3-9(4-7)13-5-10-6-15-11(14-10)8(2)12/h6-9,13H,3-5,12H2,1-2H3. The Hall–Kier alpha value is -0.450. The molecule has 0 aromatic carbocycles. The van der Waals surface area contributed by atoms with E-state index < -0.39 is 0 Å². The van der Waals surface area contributed by atoms with E-state index in [4.69, 9.17) is 5.73 Å². The van der Waals surface area contributed by atoms with Crippen molar-refractivity contribution in [3.05, 3.63) is 16.1 Å². The summed E-state index contributed by atoms with van der Waals surface area (Å²) >= 11 is 1.66. The fourth-order valence-electron chi connectivity index (χ4n) is 1.93. The number of nitrogens with one attached hydrogen (secondary N) is 1. The van der Waals surface area contributed by atoms with Crippen molar-refractivity contribution < 1.29 is 0 Å². The first-order valence-corrected chi connectivity index (χ1v) is 6.46. The molecule has 3 N–H and O–H groups in total. The Balaban J connectivity index is 1.78. The third-order valence-corrected chi connectivity index (χ3v) is 4.00. The van der Waals surface area contributed by atoms with Crippen LogP contribution >= 0.6 is 11.3 Å². The summed E-state index contributed by atoms with van der Waals surface area (Å²) in [5.41, 5.74) is 6.90. The van der Waals surface area contributed by atoms with Gasteiger partial charge in [-0.25, -0.2) is 4.98 Å². The number of hydrogen-bond donors (Lipinski definition) is 2. The summed E-state index contributed by atoms with van der Waals surface area (Å²) in [6, 6.07) is 0.771. The molecule has 1 aromatic heterocycles. The van der Waals surface area contributed by atoms with Gasteiger partial charge in [0.25, 0.3) is 0 Å². The molecular formula is C11H19N3S. The summed E-state index contributed by atoms with van der Waals surface area (Å²) in [5, 5.41) is 6.66. The molecule has 4 heteroatoms. The number of aromatic nitrogens is 1. The summed E-state index contributed by atoms with van der Waals surface area (Å²) in [5.74, 6) is 0.901. The maximum Gasteiger partial charge on any atom is 0.109 e. The zero-order valence-corrected chi connectivity index (χ0v) is 10.2. The van der Waals surface area contributed by atoms with Crippen molar-refractivity contribution in [1.29, 1.82) is 0 Å². The lowest BCUT2D eigenvalue weighted by atomic mass is 9.82. The Kier molecular flexibility index (Phi) is 3.38. The largest absolute Gasteiger partial charge is 0.322 e.